The first-order chi connectivity index (χ1) is 9.81. The first kappa shape index (κ1) is 14.1. The summed E-state index contributed by atoms with van der Waals surface area (Å²) in [6, 6.07) is 7.63. The second kappa shape index (κ2) is 6.71. The van der Waals surface area contributed by atoms with Gasteiger partial charge in [-0.3, -0.25) is 0 Å². The minimum Gasteiger partial charge on any atom is -0.314 e. The number of rotatable bonds is 4. The summed E-state index contributed by atoms with van der Waals surface area (Å²) in [7, 11) is 0. The zero-order valence-electron chi connectivity index (χ0n) is 12.3. The normalized spacial score (nSPS) is 29.9. The maximum absolute atomic E-state index is 12.8. The fourth-order valence-corrected chi connectivity index (χ4v) is 4.13. The van der Waals surface area contributed by atoms with Crippen LogP contribution >= 0.6 is 0 Å². The van der Waals surface area contributed by atoms with E-state index >= 15 is 0 Å². The Balaban J connectivity index is 1.41. The quantitative estimate of drug-likeness (QED) is 0.863. The number of nitrogens with one attached hydrogen (secondary N) is 1. The van der Waals surface area contributed by atoms with Gasteiger partial charge in [-0.05, 0) is 61.8 Å². The molecule has 1 aromatic rings. The molecule has 0 amide bonds. The molecule has 3 rings (SSSR count). The minimum atomic E-state index is -0.141. The molecule has 1 nitrogen and oxygen atoms in total. The summed E-state index contributed by atoms with van der Waals surface area (Å²) in [5.74, 6) is 1.87. The standard InChI is InChI=1S/C18H26FN/c19-17-8-5-14(6-9-17)11-12-20-18-10-7-15-3-1-2-4-16(15)13-18/h5-6,8-9,15-16,18,20H,1-4,7,10-13H2. The molecule has 20 heavy (non-hydrogen) atoms. The first-order valence-electron chi connectivity index (χ1n) is 8.29. The lowest BCUT2D eigenvalue weighted by Gasteiger charge is -2.39. The average Bonchev–Trinajstić information content (AvgIpc) is 2.49. The van der Waals surface area contributed by atoms with Crippen molar-refractivity contribution in [2.24, 2.45) is 11.8 Å². The van der Waals surface area contributed by atoms with Gasteiger partial charge in [-0.25, -0.2) is 4.39 Å². The Kier molecular flexibility index (Phi) is 4.72. The molecule has 3 atom stereocenters. The Hall–Kier alpha value is -0.890. The van der Waals surface area contributed by atoms with Crippen molar-refractivity contribution in [1.82, 2.24) is 5.32 Å². The third kappa shape index (κ3) is 3.60. The lowest BCUT2D eigenvalue weighted by Crippen LogP contribution is -2.39. The summed E-state index contributed by atoms with van der Waals surface area (Å²) in [5, 5.41) is 3.72. The van der Waals surface area contributed by atoms with Crippen molar-refractivity contribution in [2.45, 2.75) is 57.4 Å². The highest BCUT2D eigenvalue weighted by molar-refractivity contribution is 5.16. The molecule has 2 heteroatoms. The summed E-state index contributed by atoms with van der Waals surface area (Å²) in [6.45, 7) is 1.02. The van der Waals surface area contributed by atoms with E-state index in [9.17, 15) is 4.39 Å². The molecule has 2 fully saturated rings. The highest BCUT2D eigenvalue weighted by Gasteiger charge is 2.31. The van der Waals surface area contributed by atoms with Crippen LogP contribution in [0.15, 0.2) is 24.3 Å². The molecule has 2 saturated carbocycles. The number of halogens is 1. The number of hydrogen-bond donors (Lipinski definition) is 1. The van der Waals surface area contributed by atoms with Gasteiger partial charge in [0.15, 0.2) is 0 Å². The van der Waals surface area contributed by atoms with Crippen molar-refractivity contribution in [3.63, 3.8) is 0 Å². The first-order valence-corrected chi connectivity index (χ1v) is 8.29. The Morgan fingerprint density at radius 2 is 1.70 bits per heavy atom. The van der Waals surface area contributed by atoms with Crippen LogP contribution in [0.5, 0.6) is 0 Å². The summed E-state index contributed by atoms with van der Waals surface area (Å²) >= 11 is 0. The van der Waals surface area contributed by atoms with Gasteiger partial charge in [0.05, 0.1) is 0 Å². The lowest BCUT2D eigenvalue weighted by molar-refractivity contribution is 0.144. The molecule has 1 aromatic carbocycles. The lowest BCUT2D eigenvalue weighted by atomic mass is 9.69. The summed E-state index contributed by atoms with van der Waals surface area (Å²) in [6.07, 6.45) is 11.0. The van der Waals surface area contributed by atoms with Crippen LogP contribution in [-0.4, -0.2) is 12.6 Å². The molecular weight excluding hydrogens is 249 g/mol. The highest BCUT2D eigenvalue weighted by Crippen LogP contribution is 2.40. The van der Waals surface area contributed by atoms with Crippen LogP contribution in [0.3, 0.4) is 0 Å². The van der Waals surface area contributed by atoms with E-state index in [0.29, 0.717) is 0 Å². The smallest absolute Gasteiger partial charge is 0.123 e. The van der Waals surface area contributed by atoms with Gasteiger partial charge in [-0.2, -0.15) is 0 Å². The Labute approximate surface area is 122 Å². The van der Waals surface area contributed by atoms with E-state index in [0.717, 1.165) is 30.8 Å². The van der Waals surface area contributed by atoms with Crippen molar-refractivity contribution < 1.29 is 4.39 Å². The van der Waals surface area contributed by atoms with Gasteiger partial charge in [-0.15, -0.1) is 0 Å². The van der Waals surface area contributed by atoms with Crippen LogP contribution in [0.4, 0.5) is 4.39 Å². The molecule has 1 N–H and O–H groups in total. The van der Waals surface area contributed by atoms with Crippen LogP contribution in [-0.2, 0) is 6.42 Å². The van der Waals surface area contributed by atoms with Gasteiger partial charge in [0.25, 0.3) is 0 Å². The molecule has 2 aliphatic carbocycles. The predicted octanol–water partition coefficient (Wildman–Crippen LogP) is 4.32. The van der Waals surface area contributed by atoms with Crippen LogP contribution in [0, 0.1) is 17.7 Å². The fraction of sp³-hybridized carbons (Fsp3) is 0.667. The molecule has 0 saturated heterocycles. The number of benzene rings is 1. The third-order valence-corrected chi connectivity index (χ3v) is 5.30. The molecule has 0 spiro atoms. The number of fused-ring (bicyclic) bond motifs is 1. The van der Waals surface area contributed by atoms with Crippen molar-refractivity contribution >= 4 is 0 Å². The third-order valence-electron chi connectivity index (χ3n) is 5.30. The van der Waals surface area contributed by atoms with E-state index in [2.05, 4.69) is 5.32 Å². The van der Waals surface area contributed by atoms with E-state index in [1.165, 1.54) is 50.5 Å². The average molecular weight is 275 g/mol. The second-order valence-electron chi connectivity index (χ2n) is 6.65. The number of hydrogen-bond acceptors (Lipinski definition) is 1. The molecule has 0 aliphatic heterocycles. The Bertz CT molecular complexity index is 414. The molecule has 0 aromatic heterocycles. The van der Waals surface area contributed by atoms with Gasteiger partial charge >= 0.3 is 0 Å². The van der Waals surface area contributed by atoms with E-state index < -0.39 is 0 Å². The van der Waals surface area contributed by atoms with Crippen LogP contribution in [0.25, 0.3) is 0 Å². The van der Waals surface area contributed by atoms with Gasteiger partial charge in [0.2, 0.25) is 0 Å². The van der Waals surface area contributed by atoms with Crippen molar-refractivity contribution in [3.8, 4) is 0 Å². The van der Waals surface area contributed by atoms with Gasteiger partial charge in [-0.1, -0.05) is 37.8 Å². The van der Waals surface area contributed by atoms with Crippen LogP contribution in [0.2, 0.25) is 0 Å². The van der Waals surface area contributed by atoms with Crippen molar-refractivity contribution in [2.75, 3.05) is 6.54 Å². The van der Waals surface area contributed by atoms with E-state index in [-0.39, 0.29) is 5.82 Å². The maximum Gasteiger partial charge on any atom is 0.123 e. The Morgan fingerprint density at radius 3 is 2.50 bits per heavy atom. The highest BCUT2D eigenvalue weighted by atomic mass is 19.1. The zero-order valence-corrected chi connectivity index (χ0v) is 12.3. The fourth-order valence-electron chi connectivity index (χ4n) is 4.13. The SMILES string of the molecule is Fc1ccc(CCNC2CCC3CCCCC3C2)cc1. The largest absolute Gasteiger partial charge is 0.314 e. The summed E-state index contributed by atoms with van der Waals surface area (Å²) < 4.78 is 12.8. The van der Waals surface area contributed by atoms with E-state index in [4.69, 9.17) is 0 Å². The van der Waals surface area contributed by atoms with Crippen LogP contribution in [0.1, 0.15) is 50.5 Å². The van der Waals surface area contributed by atoms with E-state index in [1.54, 1.807) is 12.1 Å². The molecular formula is C18H26FN. The topological polar surface area (TPSA) is 12.0 Å². The molecule has 0 bridgehead atoms. The summed E-state index contributed by atoms with van der Waals surface area (Å²) in [5.41, 5.74) is 1.23. The van der Waals surface area contributed by atoms with Gasteiger partial charge in [0, 0.05) is 6.04 Å². The minimum absolute atomic E-state index is 0.141. The zero-order chi connectivity index (χ0) is 13.8. The predicted molar refractivity (Wildman–Crippen MR) is 81.2 cm³/mol. The molecule has 3 unspecified atom stereocenters. The Morgan fingerprint density at radius 1 is 0.950 bits per heavy atom. The van der Waals surface area contributed by atoms with Crippen LogP contribution < -0.4 is 5.32 Å². The van der Waals surface area contributed by atoms with E-state index in [1.807, 2.05) is 12.1 Å². The van der Waals surface area contributed by atoms with Gasteiger partial charge in [0.1, 0.15) is 5.82 Å². The monoisotopic (exact) mass is 275 g/mol. The molecule has 110 valence electrons. The maximum atomic E-state index is 12.8. The molecule has 2 aliphatic rings. The second-order valence-corrected chi connectivity index (χ2v) is 6.65. The van der Waals surface area contributed by atoms with Crippen molar-refractivity contribution in [3.05, 3.63) is 35.6 Å². The summed E-state index contributed by atoms with van der Waals surface area (Å²) in [4.78, 5) is 0. The van der Waals surface area contributed by atoms with Gasteiger partial charge < -0.3 is 5.32 Å². The van der Waals surface area contributed by atoms with Crippen molar-refractivity contribution in [1.29, 1.82) is 0 Å². The molecule has 0 radical (unpaired) electrons. The molecule has 0 heterocycles.